The van der Waals surface area contributed by atoms with Crippen molar-refractivity contribution < 1.29 is 0 Å². The van der Waals surface area contributed by atoms with Crippen LogP contribution in [0.25, 0.3) is 5.57 Å². The Bertz CT molecular complexity index is 753. The average Bonchev–Trinajstić information content (AvgIpc) is 2.64. The lowest BCUT2D eigenvalue weighted by Crippen LogP contribution is -2.22. The summed E-state index contributed by atoms with van der Waals surface area (Å²) in [7, 11) is 1.97. The number of nitrogens with one attached hydrogen (secondary N) is 1. The molecule has 0 aliphatic carbocycles. The van der Waals surface area contributed by atoms with E-state index in [1.165, 1.54) is 27.4 Å². The van der Waals surface area contributed by atoms with Crippen LogP contribution in [-0.2, 0) is 0 Å². The van der Waals surface area contributed by atoms with E-state index < -0.39 is 0 Å². The van der Waals surface area contributed by atoms with Crippen LogP contribution in [0.5, 0.6) is 0 Å². The molecule has 1 aliphatic rings. The fourth-order valence-corrected chi connectivity index (χ4v) is 3.97. The van der Waals surface area contributed by atoms with Crippen LogP contribution in [0.1, 0.15) is 5.56 Å². The number of rotatable bonds is 6. The summed E-state index contributed by atoms with van der Waals surface area (Å²) in [4.78, 5) is 3.55. The summed E-state index contributed by atoms with van der Waals surface area (Å²) in [6.07, 6.45) is 6.68. The van der Waals surface area contributed by atoms with E-state index in [4.69, 9.17) is 0 Å². The fraction of sp³-hybridized carbons (Fsp3) is 0.200. The predicted octanol–water partition coefficient (Wildman–Crippen LogP) is 5.17. The third kappa shape index (κ3) is 3.82. The molecule has 2 nitrogen and oxygen atoms in total. The first-order chi connectivity index (χ1) is 11.8. The SMILES string of the molecule is CNc1ccccc1SCC=C1C=CN(CCS)c2ccccc21. The first kappa shape index (κ1) is 17.1. The number of hydrogen-bond acceptors (Lipinski definition) is 4. The number of benzene rings is 2. The Labute approximate surface area is 154 Å². The molecule has 124 valence electrons. The largest absolute Gasteiger partial charge is 0.387 e. The molecule has 0 fully saturated rings. The lowest BCUT2D eigenvalue weighted by atomic mass is 10.00. The van der Waals surface area contributed by atoms with Crippen molar-refractivity contribution in [1.82, 2.24) is 0 Å². The number of allylic oxidation sites excluding steroid dienone is 2. The number of para-hydroxylation sites is 2. The maximum absolute atomic E-state index is 4.36. The van der Waals surface area contributed by atoms with Crippen LogP contribution in [0.4, 0.5) is 11.4 Å². The van der Waals surface area contributed by atoms with Gasteiger partial charge in [-0.1, -0.05) is 36.4 Å². The molecule has 1 heterocycles. The van der Waals surface area contributed by atoms with Crippen LogP contribution < -0.4 is 10.2 Å². The van der Waals surface area contributed by atoms with Gasteiger partial charge in [-0.15, -0.1) is 11.8 Å². The van der Waals surface area contributed by atoms with E-state index in [0.717, 1.165) is 18.1 Å². The smallest absolute Gasteiger partial charge is 0.0485 e. The molecule has 4 heteroatoms. The summed E-state index contributed by atoms with van der Waals surface area (Å²) in [6, 6.07) is 17.0. The molecule has 0 saturated carbocycles. The molecule has 0 unspecified atom stereocenters. The number of nitrogens with zero attached hydrogens (tertiary/aromatic N) is 1. The Kier molecular flexibility index (Phi) is 5.94. The standard InChI is InChI=1S/C20H22N2S2/c1-21-18-7-3-5-9-20(18)24-15-11-16-10-12-22(13-14-23)19-8-4-2-6-17(16)19/h2-12,21,23H,13-15H2,1H3. The van der Waals surface area contributed by atoms with Crippen LogP contribution in [-0.4, -0.2) is 25.1 Å². The molecule has 0 bridgehead atoms. The van der Waals surface area contributed by atoms with Crippen molar-refractivity contribution in [1.29, 1.82) is 0 Å². The fourth-order valence-electron chi connectivity index (χ4n) is 2.81. The van der Waals surface area contributed by atoms with Crippen molar-refractivity contribution in [2.24, 2.45) is 0 Å². The zero-order chi connectivity index (χ0) is 16.8. The second-order valence-corrected chi connectivity index (χ2v) is 6.98. The van der Waals surface area contributed by atoms with Crippen LogP contribution in [0.3, 0.4) is 0 Å². The van der Waals surface area contributed by atoms with Gasteiger partial charge in [0.05, 0.1) is 0 Å². The third-order valence-corrected chi connectivity index (χ3v) is 5.20. The van der Waals surface area contributed by atoms with Crippen LogP contribution in [0, 0.1) is 0 Å². The van der Waals surface area contributed by atoms with E-state index in [1.54, 1.807) is 0 Å². The van der Waals surface area contributed by atoms with Crippen molar-refractivity contribution in [3.63, 3.8) is 0 Å². The van der Waals surface area contributed by atoms with Crippen molar-refractivity contribution in [2.45, 2.75) is 4.90 Å². The monoisotopic (exact) mass is 354 g/mol. The highest BCUT2D eigenvalue weighted by Gasteiger charge is 2.14. The molecule has 3 rings (SSSR count). The normalized spacial score (nSPS) is 14.8. The third-order valence-electron chi connectivity index (χ3n) is 4.00. The summed E-state index contributed by atoms with van der Waals surface area (Å²) in [6.45, 7) is 0.925. The molecule has 1 N–H and O–H groups in total. The minimum Gasteiger partial charge on any atom is -0.387 e. The van der Waals surface area contributed by atoms with Crippen molar-refractivity contribution in [2.75, 3.05) is 35.3 Å². The minimum atomic E-state index is 0.842. The van der Waals surface area contributed by atoms with Gasteiger partial charge in [-0.05, 0) is 29.8 Å². The molecule has 0 spiro atoms. The highest BCUT2D eigenvalue weighted by atomic mass is 32.2. The van der Waals surface area contributed by atoms with Gasteiger partial charge in [0.25, 0.3) is 0 Å². The minimum absolute atomic E-state index is 0.842. The Morgan fingerprint density at radius 1 is 1.12 bits per heavy atom. The maximum atomic E-state index is 4.36. The highest BCUT2D eigenvalue weighted by Crippen LogP contribution is 2.34. The van der Waals surface area contributed by atoms with Gasteiger partial charge in [0.1, 0.15) is 0 Å². The Morgan fingerprint density at radius 2 is 1.92 bits per heavy atom. The second kappa shape index (κ2) is 8.36. The number of thiol groups is 1. The summed E-state index contributed by atoms with van der Waals surface area (Å²) in [5, 5.41) is 3.25. The molecule has 2 aromatic carbocycles. The highest BCUT2D eigenvalue weighted by molar-refractivity contribution is 7.99. The lowest BCUT2D eigenvalue weighted by molar-refractivity contribution is 1.02. The van der Waals surface area contributed by atoms with Crippen molar-refractivity contribution >= 4 is 41.3 Å². The molecule has 0 saturated heterocycles. The van der Waals surface area contributed by atoms with Gasteiger partial charge in [0.2, 0.25) is 0 Å². The van der Waals surface area contributed by atoms with E-state index in [9.17, 15) is 0 Å². The number of hydrogen-bond donors (Lipinski definition) is 2. The van der Waals surface area contributed by atoms with Gasteiger partial charge in [-0.3, -0.25) is 0 Å². The first-order valence-electron chi connectivity index (χ1n) is 8.08. The quantitative estimate of drug-likeness (QED) is 0.550. The van der Waals surface area contributed by atoms with Crippen molar-refractivity contribution in [3.05, 3.63) is 72.4 Å². The average molecular weight is 355 g/mol. The van der Waals surface area contributed by atoms with Crippen molar-refractivity contribution in [3.8, 4) is 0 Å². The van der Waals surface area contributed by atoms with Gasteiger partial charge in [-0.2, -0.15) is 12.6 Å². The summed E-state index contributed by atoms with van der Waals surface area (Å²) < 4.78 is 0. The summed E-state index contributed by atoms with van der Waals surface area (Å²) in [5.74, 6) is 1.79. The summed E-state index contributed by atoms with van der Waals surface area (Å²) in [5.41, 5.74) is 5.03. The van der Waals surface area contributed by atoms with Gasteiger partial charge >= 0.3 is 0 Å². The zero-order valence-electron chi connectivity index (χ0n) is 13.8. The molecular weight excluding hydrogens is 332 g/mol. The van der Waals surface area contributed by atoms with E-state index in [2.05, 4.69) is 89.7 Å². The molecule has 0 amide bonds. The van der Waals surface area contributed by atoms with Gasteiger partial charge in [0.15, 0.2) is 0 Å². The number of thioether (sulfide) groups is 1. The van der Waals surface area contributed by atoms with Crippen LogP contribution in [0.2, 0.25) is 0 Å². The van der Waals surface area contributed by atoms with Crippen LogP contribution >= 0.6 is 24.4 Å². The van der Waals surface area contributed by atoms with E-state index in [-0.39, 0.29) is 0 Å². The second-order valence-electron chi connectivity index (χ2n) is 5.47. The molecular formula is C20H22N2S2. The zero-order valence-corrected chi connectivity index (χ0v) is 15.5. The van der Waals surface area contributed by atoms with E-state index >= 15 is 0 Å². The van der Waals surface area contributed by atoms with Gasteiger partial charge < -0.3 is 10.2 Å². The topological polar surface area (TPSA) is 15.3 Å². The molecule has 0 aromatic heterocycles. The van der Waals surface area contributed by atoms with Gasteiger partial charge in [0, 0.05) is 53.1 Å². The number of anilines is 2. The summed E-state index contributed by atoms with van der Waals surface area (Å²) >= 11 is 6.21. The molecule has 24 heavy (non-hydrogen) atoms. The molecule has 2 aromatic rings. The van der Waals surface area contributed by atoms with Gasteiger partial charge in [-0.25, -0.2) is 0 Å². The maximum Gasteiger partial charge on any atom is 0.0485 e. The lowest BCUT2D eigenvalue weighted by Gasteiger charge is -2.27. The predicted molar refractivity (Wildman–Crippen MR) is 111 cm³/mol. The Balaban J connectivity index is 1.77. The Hall–Kier alpha value is -1.78. The van der Waals surface area contributed by atoms with E-state index in [1.807, 2.05) is 18.8 Å². The number of fused-ring (bicyclic) bond motifs is 1. The molecule has 1 aliphatic heterocycles. The van der Waals surface area contributed by atoms with Crippen LogP contribution in [0.15, 0.2) is 71.8 Å². The Morgan fingerprint density at radius 3 is 2.75 bits per heavy atom. The molecule has 0 radical (unpaired) electrons. The van der Waals surface area contributed by atoms with E-state index in [0.29, 0.717) is 0 Å². The molecule has 0 atom stereocenters. The first-order valence-corrected chi connectivity index (χ1v) is 9.70.